The highest BCUT2D eigenvalue weighted by Crippen LogP contribution is 2.56. The van der Waals surface area contributed by atoms with E-state index in [2.05, 4.69) is 6.92 Å². The van der Waals surface area contributed by atoms with Crippen molar-refractivity contribution in [2.75, 3.05) is 0 Å². The first kappa shape index (κ1) is 24.1. The summed E-state index contributed by atoms with van der Waals surface area (Å²) in [5, 5.41) is 40.2. The molecule has 5 heteroatoms. The summed E-state index contributed by atoms with van der Waals surface area (Å²) in [6, 6.07) is 0. The zero-order valence-corrected chi connectivity index (χ0v) is 17.4. The Balaban J connectivity index is 2.66. The van der Waals surface area contributed by atoms with Crippen LogP contribution >= 0.6 is 0 Å². The Morgan fingerprint density at radius 3 is 2.37 bits per heavy atom. The average molecular weight is 385 g/mol. The van der Waals surface area contributed by atoms with Crippen LogP contribution in [0.1, 0.15) is 91.4 Å². The lowest BCUT2D eigenvalue weighted by atomic mass is 9.63. The molecule has 1 saturated carbocycles. The minimum atomic E-state index is -0.758. The van der Waals surface area contributed by atoms with Gasteiger partial charge in [0.15, 0.2) is 0 Å². The van der Waals surface area contributed by atoms with Crippen molar-refractivity contribution in [1.29, 1.82) is 0 Å². The Labute approximate surface area is 164 Å². The summed E-state index contributed by atoms with van der Waals surface area (Å²) in [5.74, 6) is -0.758. The van der Waals surface area contributed by atoms with Crippen LogP contribution in [-0.2, 0) is 4.79 Å². The van der Waals surface area contributed by atoms with Crippen molar-refractivity contribution >= 4 is 5.97 Å². The molecular weight excluding hydrogens is 344 g/mol. The maximum atomic E-state index is 10.6. The zero-order valence-electron chi connectivity index (χ0n) is 17.4. The molecule has 0 spiro atoms. The predicted molar refractivity (Wildman–Crippen MR) is 107 cm³/mol. The molecule has 5 nitrogen and oxygen atoms in total. The molecule has 0 aromatic carbocycles. The van der Waals surface area contributed by atoms with Crippen molar-refractivity contribution in [3.63, 3.8) is 0 Å². The van der Waals surface area contributed by atoms with E-state index in [0.29, 0.717) is 12.8 Å². The van der Waals surface area contributed by atoms with Gasteiger partial charge in [-0.05, 0) is 19.3 Å². The molecule has 4 N–H and O–H groups in total. The van der Waals surface area contributed by atoms with Gasteiger partial charge in [0.25, 0.3) is 0 Å². The molecule has 1 fully saturated rings. The minimum absolute atomic E-state index is 0.203. The fourth-order valence-corrected chi connectivity index (χ4v) is 4.33. The molecule has 0 amide bonds. The number of aliphatic carboxylic acids is 1. The second-order valence-corrected chi connectivity index (χ2v) is 8.70. The molecule has 1 aliphatic rings. The van der Waals surface area contributed by atoms with Gasteiger partial charge in [-0.15, -0.1) is 0 Å². The molecular formula is C22H40O5. The van der Waals surface area contributed by atoms with E-state index in [4.69, 9.17) is 5.11 Å². The molecule has 27 heavy (non-hydrogen) atoms. The minimum Gasteiger partial charge on any atom is -0.481 e. The van der Waals surface area contributed by atoms with E-state index in [1.807, 2.05) is 19.9 Å². The highest BCUT2D eigenvalue weighted by molar-refractivity contribution is 5.66. The number of hydrogen-bond acceptors (Lipinski definition) is 4. The summed E-state index contributed by atoms with van der Waals surface area (Å²) in [7, 11) is 0. The van der Waals surface area contributed by atoms with E-state index < -0.39 is 35.1 Å². The van der Waals surface area contributed by atoms with Gasteiger partial charge in [-0.1, -0.05) is 71.4 Å². The van der Waals surface area contributed by atoms with Crippen LogP contribution in [-0.4, -0.2) is 44.7 Å². The Hall–Kier alpha value is -0.910. The second-order valence-electron chi connectivity index (χ2n) is 8.70. The van der Waals surface area contributed by atoms with Crippen LogP contribution in [0, 0.1) is 10.8 Å². The first-order chi connectivity index (χ1) is 12.7. The lowest BCUT2D eigenvalue weighted by molar-refractivity contribution is -0.137. The summed E-state index contributed by atoms with van der Waals surface area (Å²) in [6.07, 6.45) is 10.6. The quantitative estimate of drug-likeness (QED) is 0.284. The van der Waals surface area contributed by atoms with Gasteiger partial charge in [0.1, 0.15) is 0 Å². The predicted octanol–water partition coefficient (Wildman–Crippen LogP) is 4.05. The van der Waals surface area contributed by atoms with Gasteiger partial charge in [-0.25, -0.2) is 0 Å². The first-order valence-electron chi connectivity index (χ1n) is 10.6. The third-order valence-electron chi connectivity index (χ3n) is 6.71. The average Bonchev–Trinajstić information content (AvgIpc) is 2.77. The summed E-state index contributed by atoms with van der Waals surface area (Å²) in [4.78, 5) is 10.6. The standard InChI is InChI=1S/C22H40O5/c1-4-5-8-11-17(23)13-15-22(3)19(25)16-18(24)21(22,2)14-10-7-6-9-12-20(26)27/h13,15,17-19,23-25H,4-12,14,16H2,1-3H3,(H,26,27)/t17?,18-,19+,21-,22-/m1/s1. The molecule has 1 unspecified atom stereocenters. The van der Waals surface area contributed by atoms with Crippen molar-refractivity contribution in [3.8, 4) is 0 Å². The third kappa shape index (κ3) is 6.58. The summed E-state index contributed by atoms with van der Waals surface area (Å²) < 4.78 is 0. The van der Waals surface area contributed by atoms with Gasteiger partial charge >= 0.3 is 5.97 Å². The van der Waals surface area contributed by atoms with Crippen molar-refractivity contribution < 1.29 is 25.2 Å². The Bertz CT molecular complexity index is 477. The van der Waals surface area contributed by atoms with Gasteiger partial charge in [-0.2, -0.15) is 0 Å². The molecule has 1 aliphatic carbocycles. The number of aliphatic hydroxyl groups excluding tert-OH is 3. The second kappa shape index (κ2) is 11.2. The van der Waals surface area contributed by atoms with Crippen LogP contribution in [0.5, 0.6) is 0 Å². The van der Waals surface area contributed by atoms with Crippen molar-refractivity contribution in [2.45, 2.75) is 110 Å². The lowest BCUT2D eigenvalue weighted by Crippen LogP contribution is -2.42. The number of hydrogen-bond donors (Lipinski definition) is 4. The maximum Gasteiger partial charge on any atom is 0.303 e. The smallest absolute Gasteiger partial charge is 0.303 e. The molecule has 158 valence electrons. The van der Waals surface area contributed by atoms with E-state index in [1.165, 1.54) is 0 Å². The van der Waals surface area contributed by atoms with Gasteiger partial charge in [-0.3, -0.25) is 4.79 Å². The molecule has 1 rings (SSSR count). The van der Waals surface area contributed by atoms with Gasteiger partial charge < -0.3 is 20.4 Å². The molecule has 0 heterocycles. The van der Waals surface area contributed by atoms with Crippen LogP contribution in [0.25, 0.3) is 0 Å². The van der Waals surface area contributed by atoms with Crippen molar-refractivity contribution in [2.24, 2.45) is 10.8 Å². The largest absolute Gasteiger partial charge is 0.481 e. The van der Waals surface area contributed by atoms with Crippen molar-refractivity contribution in [1.82, 2.24) is 0 Å². The number of carboxylic acids is 1. The molecule has 0 aromatic heterocycles. The number of carbonyl (C=O) groups is 1. The molecule has 0 aromatic rings. The zero-order chi connectivity index (χ0) is 20.5. The Morgan fingerprint density at radius 1 is 1.07 bits per heavy atom. The Morgan fingerprint density at radius 2 is 1.74 bits per heavy atom. The molecule has 5 atom stereocenters. The summed E-state index contributed by atoms with van der Waals surface area (Å²) in [6.45, 7) is 6.14. The van der Waals surface area contributed by atoms with Crippen LogP contribution in [0.4, 0.5) is 0 Å². The van der Waals surface area contributed by atoms with Gasteiger partial charge in [0, 0.05) is 23.7 Å². The topological polar surface area (TPSA) is 98.0 Å². The highest BCUT2D eigenvalue weighted by Gasteiger charge is 2.57. The maximum absolute atomic E-state index is 10.6. The number of carboxylic acid groups (broad SMARTS) is 1. The van der Waals surface area contributed by atoms with Crippen LogP contribution in [0.2, 0.25) is 0 Å². The van der Waals surface area contributed by atoms with Gasteiger partial charge in [0.05, 0.1) is 18.3 Å². The number of rotatable bonds is 13. The summed E-state index contributed by atoms with van der Waals surface area (Å²) >= 11 is 0. The monoisotopic (exact) mass is 384 g/mol. The molecule has 0 aliphatic heterocycles. The third-order valence-corrected chi connectivity index (χ3v) is 6.71. The van der Waals surface area contributed by atoms with E-state index in [1.54, 1.807) is 6.08 Å². The van der Waals surface area contributed by atoms with E-state index in [0.717, 1.165) is 51.4 Å². The molecule has 0 saturated heterocycles. The molecule has 0 radical (unpaired) electrons. The number of aliphatic hydroxyl groups is 3. The highest BCUT2D eigenvalue weighted by atomic mass is 16.4. The SMILES string of the molecule is CCCCCC(O)C=C[C@]1(C)[C@@H](O)C[C@@H](O)[C@@]1(C)CCCCCCC(=O)O. The van der Waals surface area contributed by atoms with Crippen LogP contribution in [0.15, 0.2) is 12.2 Å². The number of unbranched alkanes of at least 4 members (excludes halogenated alkanes) is 5. The fourth-order valence-electron chi connectivity index (χ4n) is 4.33. The van der Waals surface area contributed by atoms with Crippen LogP contribution < -0.4 is 0 Å². The van der Waals surface area contributed by atoms with E-state index in [9.17, 15) is 20.1 Å². The Kier molecular flexibility index (Phi) is 9.99. The summed E-state index contributed by atoms with van der Waals surface area (Å²) in [5.41, 5.74) is -1.04. The van der Waals surface area contributed by atoms with Gasteiger partial charge in [0.2, 0.25) is 0 Å². The normalized spacial score (nSPS) is 32.2. The molecule has 0 bridgehead atoms. The van der Waals surface area contributed by atoms with E-state index >= 15 is 0 Å². The van der Waals surface area contributed by atoms with E-state index in [-0.39, 0.29) is 6.42 Å². The van der Waals surface area contributed by atoms with Crippen LogP contribution in [0.3, 0.4) is 0 Å². The lowest BCUT2D eigenvalue weighted by Gasteiger charge is -2.43. The van der Waals surface area contributed by atoms with Crippen molar-refractivity contribution in [3.05, 3.63) is 12.2 Å². The fraction of sp³-hybridized carbons (Fsp3) is 0.864. The first-order valence-corrected chi connectivity index (χ1v) is 10.6.